The standard InChI is InChI=1S/C10H9BN2O2/c14-11(15)8-4-3-7-13-10(8)9-5-1-2-6-12-9/h1-7,14-15H. The minimum atomic E-state index is -1.53. The van der Waals surface area contributed by atoms with Crippen LogP contribution in [0.4, 0.5) is 0 Å². The van der Waals surface area contributed by atoms with Crippen LogP contribution >= 0.6 is 0 Å². The van der Waals surface area contributed by atoms with E-state index in [9.17, 15) is 0 Å². The highest BCUT2D eigenvalue weighted by Crippen LogP contribution is 2.10. The second-order valence-electron chi connectivity index (χ2n) is 3.03. The van der Waals surface area contributed by atoms with E-state index >= 15 is 0 Å². The quantitative estimate of drug-likeness (QED) is 0.660. The zero-order valence-corrected chi connectivity index (χ0v) is 7.91. The Bertz CT molecular complexity index is 448. The molecule has 0 amide bonds. The van der Waals surface area contributed by atoms with Crippen molar-refractivity contribution in [2.45, 2.75) is 0 Å². The van der Waals surface area contributed by atoms with Crippen molar-refractivity contribution in [1.82, 2.24) is 9.97 Å². The highest BCUT2D eigenvalue weighted by atomic mass is 16.4. The molecule has 2 heterocycles. The van der Waals surface area contributed by atoms with Crippen molar-refractivity contribution in [3.05, 3.63) is 42.7 Å². The van der Waals surface area contributed by atoms with E-state index in [4.69, 9.17) is 10.0 Å². The molecule has 0 radical (unpaired) electrons. The lowest BCUT2D eigenvalue weighted by atomic mass is 9.78. The Kier molecular flexibility index (Phi) is 2.76. The maximum Gasteiger partial charge on any atom is 0.490 e. The average molecular weight is 200 g/mol. The van der Waals surface area contributed by atoms with E-state index in [0.29, 0.717) is 16.9 Å². The van der Waals surface area contributed by atoms with Gasteiger partial charge in [0.15, 0.2) is 0 Å². The molecule has 74 valence electrons. The highest BCUT2D eigenvalue weighted by Gasteiger charge is 2.17. The van der Waals surface area contributed by atoms with E-state index in [-0.39, 0.29) is 0 Å². The van der Waals surface area contributed by atoms with Crippen molar-refractivity contribution in [2.24, 2.45) is 0 Å². The second-order valence-corrected chi connectivity index (χ2v) is 3.03. The molecule has 0 saturated carbocycles. The monoisotopic (exact) mass is 200 g/mol. The van der Waals surface area contributed by atoms with E-state index < -0.39 is 7.12 Å². The third-order valence-corrected chi connectivity index (χ3v) is 2.02. The fourth-order valence-electron chi connectivity index (χ4n) is 1.34. The fraction of sp³-hybridized carbons (Fsp3) is 0. The molecule has 2 N–H and O–H groups in total. The first kappa shape index (κ1) is 9.83. The summed E-state index contributed by atoms with van der Waals surface area (Å²) in [6, 6.07) is 8.66. The van der Waals surface area contributed by atoms with Gasteiger partial charge < -0.3 is 10.0 Å². The molecular formula is C10H9BN2O2. The summed E-state index contributed by atoms with van der Waals surface area (Å²) in [5.41, 5.74) is 1.48. The number of rotatable bonds is 2. The Morgan fingerprint density at radius 3 is 2.40 bits per heavy atom. The van der Waals surface area contributed by atoms with Gasteiger partial charge in [-0.25, -0.2) is 0 Å². The Labute approximate surface area is 87.4 Å². The van der Waals surface area contributed by atoms with Crippen molar-refractivity contribution in [3.8, 4) is 11.4 Å². The van der Waals surface area contributed by atoms with E-state index in [1.807, 2.05) is 6.07 Å². The van der Waals surface area contributed by atoms with Crippen LogP contribution in [0, 0.1) is 0 Å². The average Bonchev–Trinajstić information content (AvgIpc) is 2.30. The van der Waals surface area contributed by atoms with Crippen molar-refractivity contribution in [1.29, 1.82) is 0 Å². The van der Waals surface area contributed by atoms with Crippen LogP contribution in [0.25, 0.3) is 11.4 Å². The third kappa shape index (κ3) is 2.03. The van der Waals surface area contributed by atoms with Crippen molar-refractivity contribution in [2.75, 3.05) is 0 Å². The SMILES string of the molecule is OB(O)c1cccnc1-c1ccccn1. The maximum atomic E-state index is 9.15. The Balaban J connectivity index is 2.53. The Morgan fingerprint density at radius 2 is 1.73 bits per heavy atom. The number of hydrogen-bond acceptors (Lipinski definition) is 4. The van der Waals surface area contributed by atoms with Gasteiger partial charge in [0.25, 0.3) is 0 Å². The molecule has 0 aliphatic rings. The van der Waals surface area contributed by atoms with Crippen LogP contribution in [-0.2, 0) is 0 Å². The molecule has 0 spiro atoms. The molecule has 2 rings (SSSR count). The summed E-state index contributed by atoms with van der Waals surface area (Å²) in [6.45, 7) is 0. The number of nitrogens with zero attached hydrogens (tertiary/aromatic N) is 2. The van der Waals surface area contributed by atoms with Gasteiger partial charge in [-0.1, -0.05) is 12.1 Å². The third-order valence-electron chi connectivity index (χ3n) is 2.02. The number of aromatic nitrogens is 2. The summed E-state index contributed by atoms with van der Waals surface area (Å²) in [6.07, 6.45) is 3.23. The first-order valence-electron chi connectivity index (χ1n) is 4.51. The molecule has 0 bridgehead atoms. The van der Waals surface area contributed by atoms with E-state index in [0.717, 1.165) is 0 Å². The molecule has 5 heteroatoms. The van der Waals surface area contributed by atoms with Gasteiger partial charge in [-0.15, -0.1) is 0 Å². The van der Waals surface area contributed by atoms with Crippen LogP contribution in [0.3, 0.4) is 0 Å². The van der Waals surface area contributed by atoms with E-state index in [2.05, 4.69) is 9.97 Å². The topological polar surface area (TPSA) is 66.2 Å². The lowest BCUT2D eigenvalue weighted by molar-refractivity contribution is 0.426. The molecule has 0 saturated heterocycles. The van der Waals surface area contributed by atoms with Crippen LogP contribution in [-0.4, -0.2) is 27.1 Å². The van der Waals surface area contributed by atoms with Crippen molar-refractivity contribution >= 4 is 12.6 Å². The molecule has 0 fully saturated rings. The van der Waals surface area contributed by atoms with Gasteiger partial charge in [0, 0.05) is 17.9 Å². The largest absolute Gasteiger partial charge is 0.490 e. The molecular weight excluding hydrogens is 191 g/mol. The van der Waals surface area contributed by atoms with Gasteiger partial charge in [0.1, 0.15) is 0 Å². The molecule has 2 aromatic rings. The van der Waals surface area contributed by atoms with Gasteiger partial charge in [0.2, 0.25) is 0 Å². The van der Waals surface area contributed by atoms with Crippen molar-refractivity contribution in [3.63, 3.8) is 0 Å². The van der Waals surface area contributed by atoms with Crippen LogP contribution < -0.4 is 5.46 Å². The predicted molar refractivity (Wildman–Crippen MR) is 57.3 cm³/mol. The van der Waals surface area contributed by atoms with E-state index in [1.54, 1.807) is 36.7 Å². The number of hydrogen-bond donors (Lipinski definition) is 2. The number of pyridine rings is 2. The van der Waals surface area contributed by atoms with Gasteiger partial charge in [-0.2, -0.15) is 0 Å². The zero-order chi connectivity index (χ0) is 10.7. The van der Waals surface area contributed by atoms with E-state index in [1.165, 1.54) is 0 Å². The Morgan fingerprint density at radius 1 is 0.933 bits per heavy atom. The summed E-state index contributed by atoms with van der Waals surface area (Å²) in [4.78, 5) is 8.20. The van der Waals surface area contributed by atoms with Crippen molar-refractivity contribution < 1.29 is 10.0 Å². The molecule has 15 heavy (non-hydrogen) atoms. The molecule has 0 aliphatic carbocycles. The summed E-state index contributed by atoms with van der Waals surface area (Å²) in [5.74, 6) is 0. The van der Waals surface area contributed by atoms with Crippen LogP contribution in [0.1, 0.15) is 0 Å². The molecule has 0 atom stereocenters. The molecule has 2 aromatic heterocycles. The van der Waals surface area contributed by atoms with Crippen LogP contribution in [0.15, 0.2) is 42.7 Å². The van der Waals surface area contributed by atoms with Gasteiger partial charge in [-0.3, -0.25) is 9.97 Å². The lowest BCUT2D eigenvalue weighted by Gasteiger charge is -2.05. The first-order valence-corrected chi connectivity index (χ1v) is 4.51. The predicted octanol–water partition coefficient (Wildman–Crippen LogP) is -0.177. The summed E-state index contributed by atoms with van der Waals surface area (Å²) in [7, 11) is -1.53. The zero-order valence-electron chi connectivity index (χ0n) is 7.91. The Hall–Kier alpha value is -1.72. The highest BCUT2D eigenvalue weighted by molar-refractivity contribution is 6.60. The van der Waals surface area contributed by atoms with Crippen LogP contribution in [0.5, 0.6) is 0 Å². The van der Waals surface area contributed by atoms with Crippen LogP contribution in [0.2, 0.25) is 0 Å². The summed E-state index contributed by atoms with van der Waals surface area (Å²) in [5, 5.41) is 18.3. The minimum Gasteiger partial charge on any atom is -0.423 e. The van der Waals surface area contributed by atoms with Gasteiger partial charge in [0.05, 0.1) is 11.4 Å². The first-order chi connectivity index (χ1) is 7.29. The smallest absolute Gasteiger partial charge is 0.423 e. The lowest BCUT2D eigenvalue weighted by Crippen LogP contribution is -2.32. The molecule has 4 nitrogen and oxygen atoms in total. The molecule has 0 aliphatic heterocycles. The molecule has 0 unspecified atom stereocenters. The van der Waals surface area contributed by atoms with Gasteiger partial charge >= 0.3 is 7.12 Å². The van der Waals surface area contributed by atoms with Gasteiger partial charge in [-0.05, 0) is 18.2 Å². The molecule has 0 aromatic carbocycles. The fourth-order valence-corrected chi connectivity index (χ4v) is 1.34. The normalized spacial score (nSPS) is 10.0. The summed E-state index contributed by atoms with van der Waals surface area (Å²) >= 11 is 0. The minimum absolute atomic E-state index is 0.358. The maximum absolute atomic E-state index is 9.15. The second kappa shape index (κ2) is 4.21. The summed E-state index contributed by atoms with van der Waals surface area (Å²) < 4.78 is 0.